The van der Waals surface area contributed by atoms with Gasteiger partial charge in [-0.2, -0.15) is 0 Å². The summed E-state index contributed by atoms with van der Waals surface area (Å²) in [6, 6.07) is 7.65. The van der Waals surface area contributed by atoms with Crippen molar-refractivity contribution in [1.82, 2.24) is 0 Å². The molecule has 0 atom stereocenters. The maximum absolute atomic E-state index is 11.3. The van der Waals surface area contributed by atoms with Gasteiger partial charge in [0.15, 0.2) is 0 Å². The molecule has 0 saturated carbocycles. The molecule has 0 bridgehead atoms. The fraction of sp³-hybridized carbons (Fsp3) is 0.462. The first-order valence-electron chi connectivity index (χ1n) is 5.30. The Hall–Kier alpha value is -1.31. The van der Waals surface area contributed by atoms with Crippen LogP contribution in [0.1, 0.15) is 36.2 Å². The first-order chi connectivity index (χ1) is 7.13. The van der Waals surface area contributed by atoms with Gasteiger partial charge in [0.05, 0.1) is 12.7 Å². The minimum Gasteiger partial charge on any atom is -0.465 e. The predicted octanol–water partition coefficient (Wildman–Crippen LogP) is 3.06. The third kappa shape index (κ3) is 3.74. The van der Waals surface area contributed by atoms with Crippen molar-refractivity contribution in [3.05, 3.63) is 35.4 Å². The lowest BCUT2D eigenvalue weighted by molar-refractivity contribution is 0.0600. The molecule has 0 amide bonds. The number of carbonyl (C=O) groups excluding carboxylic acids is 1. The highest BCUT2D eigenvalue weighted by atomic mass is 16.5. The third-order valence-electron chi connectivity index (χ3n) is 2.36. The average molecular weight is 206 g/mol. The highest BCUT2D eigenvalue weighted by molar-refractivity contribution is 5.89. The van der Waals surface area contributed by atoms with Crippen LogP contribution in [0.3, 0.4) is 0 Å². The molecule has 1 rings (SSSR count). The second-order valence-corrected chi connectivity index (χ2v) is 4.12. The van der Waals surface area contributed by atoms with Gasteiger partial charge in [-0.1, -0.05) is 26.0 Å². The minimum atomic E-state index is -0.263. The topological polar surface area (TPSA) is 26.3 Å². The van der Waals surface area contributed by atoms with Gasteiger partial charge in [0.25, 0.3) is 0 Å². The molecule has 0 N–H and O–H groups in total. The maximum atomic E-state index is 11.3. The predicted molar refractivity (Wildman–Crippen MR) is 60.9 cm³/mol. The van der Waals surface area contributed by atoms with Crippen LogP contribution in [0.4, 0.5) is 0 Å². The molecule has 0 saturated heterocycles. The molecule has 0 heterocycles. The van der Waals surface area contributed by atoms with E-state index < -0.39 is 0 Å². The van der Waals surface area contributed by atoms with E-state index in [0.29, 0.717) is 11.5 Å². The van der Waals surface area contributed by atoms with Gasteiger partial charge in [-0.05, 0) is 36.5 Å². The van der Waals surface area contributed by atoms with Crippen LogP contribution in [0.15, 0.2) is 24.3 Å². The van der Waals surface area contributed by atoms with Gasteiger partial charge in [0.1, 0.15) is 0 Å². The molecule has 0 fully saturated rings. The average Bonchev–Trinajstić information content (AvgIpc) is 2.25. The zero-order valence-electron chi connectivity index (χ0n) is 9.62. The Morgan fingerprint density at radius 2 is 2.13 bits per heavy atom. The quantitative estimate of drug-likeness (QED) is 0.708. The van der Waals surface area contributed by atoms with Gasteiger partial charge in [0, 0.05) is 0 Å². The molecular weight excluding hydrogens is 188 g/mol. The summed E-state index contributed by atoms with van der Waals surface area (Å²) in [6.45, 7) is 4.40. The largest absolute Gasteiger partial charge is 0.465 e. The summed E-state index contributed by atoms with van der Waals surface area (Å²) in [7, 11) is 1.41. The van der Waals surface area contributed by atoms with Crippen LogP contribution in [0.25, 0.3) is 0 Å². The third-order valence-corrected chi connectivity index (χ3v) is 2.36. The zero-order chi connectivity index (χ0) is 11.3. The van der Waals surface area contributed by atoms with Crippen LogP contribution in [0, 0.1) is 5.92 Å². The summed E-state index contributed by atoms with van der Waals surface area (Å²) in [5, 5.41) is 0. The van der Waals surface area contributed by atoms with E-state index in [2.05, 4.69) is 24.7 Å². The van der Waals surface area contributed by atoms with E-state index >= 15 is 0 Å². The van der Waals surface area contributed by atoms with Crippen LogP contribution >= 0.6 is 0 Å². The van der Waals surface area contributed by atoms with Gasteiger partial charge >= 0.3 is 5.97 Å². The fourth-order valence-electron chi connectivity index (χ4n) is 1.43. The van der Waals surface area contributed by atoms with Crippen LogP contribution in [0.2, 0.25) is 0 Å². The molecule has 0 aliphatic heterocycles. The number of esters is 1. The molecule has 0 spiro atoms. The molecule has 2 nitrogen and oxygen atoms in total. The second-order valence-electron chi connectivity index (χ2n) is 4.12. The molecule has 0 aromatic heterocycles. The molecule has 0 aliphatic carbocycles. The lowest BCUT2D eigenvalue weighted by Gasteiger charge is -2.06. The number of methoxy groups -OCH3 is 1. The van der Waals surface area contributed by atoms with Crippen LogP contribution in [-0.2, 0) is 11.2 Å². The normalized spacial score (nSPS) is 10.4. The smallest absolute Gasteiger partial charge is 0.337 e. The van der Waals surface area contributed by atoms with Crippen molar-refractivity contribution in [2.24, 2.45) is 5.92 Å². The number of carbonyl (C=O) groups is 1. The Balaban J connectivity index is 2.70. The second kappa shape index (κ2) is 5.54. The van der Waals surface area contributed by atoms with Crippen molar-refractivity contribution in [2.45, 2.75) is 26.7 Å². The van der Waals surface area contributed by atoms with Gasteiger partial charge in [-0.3, -0.25) is 0 Å². The summed E-state index contributed by atoms with van der Waals surface area (Å²) in [4.78, 5) is 11.3. The summed E-state index contributed by atoms with van der Waals surface area (Å²) < 4.78 is 4.68. The van der Waals surface area contributed by atoms with Crippen molar-refractivity contribution in [1.29, 1.82) is 0 Å². The number of ether oxygens (including phenoxy) is 1. The first-order valence-corrected chi connectivity index (χ1v) is 5.30. The standard InChI is InChI=1S/C13H18O2/c1-10(2)7-8-11-5-4-6-12(9-11)13(14)15-3/h4-6,9-10H,7-8H2,1-3H3. The number of rotatable bonds is 4. The van der Waals surface area contributed by atoms with Crippen molar-refractivity contribution in [3.8, 4) is 0 Å². The van der Waals surface area contributed by atoms with Gasteiger partial charge in [-0.25, -0.2) is 4.79 Å². The lowest BCUT2D eigenvalue weighted by atomic mass is 10.0. The van der Waals surface area contributed by atoms with E-state index in [9.17, 15) is 4.79 Å². The van der Waals surface area contributed by atoms with Gasteiger partial charge < -0.3 is 4.74 Å². The Bertz CT molecular complexity index is 329. The summed E-state index contributed by atoms with van der Waals surface area (Å²) in [6.07, 6.45) is 2.16. The monoisotopic (exact) mass is 206 g/mol. The molecular formula is C13H18O2. The Morgan fingerprint density at radius 1 is 1.40 bits per heavy atom. The summed E-state index contributed by atoms with van der Waals surface area (Å²) in [5.41, 5.74) is 1.84. The van der Waals surface area contributed by atoms with Crippen molar-refractivity contribution in [3.63, 3.8) is 0 Å². The van der Waals surface area contributed by atoms with E-state index in [1.165, 1.54) is 12.7 Å². The molecule has 1 aromatic rings. The Labute approximate surface area is 91.3 Å². The molecule has 1 aromatic carbocycles. The lowest BCUT2D eigenvalue weighted by Crippen LogP contribution is -2.02. The number of hydrogen-bond donors (Lipinski definition) is 0. The molecule has 0 radical (unpaired) electrons. The Morgan fingerprint density at radius 3 is 2.73 bits per heavy atom. The number of benzene rings is 1. The van der Waals surface area contributed by atoms with E-state index in [0.717, 1.165) is 12.8 Å². The van der Waals surface area contributed by atoms with E-state index in [4.69, 9.17) is 0 Å². The minimum absolute atomic E-state index is 0.263. The van der Waals surface area contributed by atoms with Gasteiger partial charge in [0.2, 0.25) is 0 Å². The van der Waals surface area contributed by atoms with Crippen molar-refractivity contribution < 1.29 is 9.53 Å². The zero-order valence-corrected chi connectivity index (χ0v) is 9.62. The van der Waals surface area contributed by atoms with Crippen molar-refractivity contribution in [2.75, 3.05) is 7.11 Å². The molecule has 15 heavy (non-hydrogen) atoms. The fourth-order valence-corrected chi connectivity index (χ4v) is 1.43. The van der Waals surface area contributed by atoms with E-state index in [1.807, 2.05) is 12.1 Å². The van der Waals surface area contributed by atoms with E-state index in [1.54, 1.807) is 6.07 Å². The van der Waals surface area contributed by atoms with Crippen LogP contribution in [0.5, 0.6) is 0 Å². The SMILES string of the molecule is COC(=O)c1cccc(CCC(C)C)c1. The van der Waals surface area contributed by atoms with Gasteiger partial charge in [-0.15, -0.1) is 0 Å². The van der Waals surface area contributed by atoms with E-state index in [-0.39, 0.29) is 5.97 Å². The summed E-state index contributed by atoms with van der Waals surface area (Å²) in [5.74, 6) is 0.424. The highest BCUT2D eigenvalue weighted by Crippen LogP contribution is 2.11. The highest BCUT2D eigenvalue weighted by Gasteiger charge is 2.05. The van der Waals surface area contributed by atoms with Crippen LogP contribution < -0.4 is 0 Å². The van der Waals surface area contributed by atoms with Crippen LogP contribution in [-0.4, -0.2) is 13.1 Å². The maximum Gasteiger partial charge on any atom is 0.337 e. The van der Waals surface area contributed by atoms with Crippen molar-refractivity contribution >= 4 is 5.97 Å². The first kappa shape index (κ1) is 11.8. The number of hydrogen-bond acceptors (Lipinski definition) is 2. The summed E-state index contributed by atoms with van der Waals surface area (Å²) >= 11 is 0. The molecule has 0 aliphatic rings. The molecule has 2 heteroatoms. The Kier molecular flexibility index (Phi) is 4.35. The molecule has 82 valence electrons. The molecule has 0 unspecified atom stereocenters. The number of aryl methyl sites for hydroxylation is 1.